The van der Waals surface area contributed by atoms with Crippen molar-refractivity contribution in [3.63, 3.8) is 0 Å². The summed E-state index contributed by atoms with van der Waals surface area (Å²) in [4.78, 5) is 28.4. The quantitative estimate of drug-likeness (QED) is 0.799. The minimum atomic E-state index is -0.338. The zero-order valence-electron chi connectivity index (χ0n) is 12.9. The highest BCUT2D eigenvalue weighted by Gasteiger charge is 2.11. The van der Waals surface area contributed by atoms with Gasteiger partial charge in [0.05, 0.1) is 15.2 Å². The number of carbonyl (C=O) groups is 1. The highest BCUT2D eigenvalue weighted by atomic mass is 32.1. The van der Waals surface area contributed by atoms with E-state index in [-0.39, 0.29) is 17.2 Å². The molecule has 118 valence electrons. The number of carbonyl (C=O) groups excluding carboxylic acids is 1. The first-order chi connectivity index (χ1) is 11.1. The lowest BCUT2D eigenvalue weighted by Crippen LogP contribution is -2.26. The molecule has 1 N–H and O–H groups in total. The molecule has 2 heterocycles. The van der Waals surface area contributed by atoms with E-state index in [1.165, 1.54) is 16.8 Å². The number of benzene rings is 1. The average molecular weight is 328 g/mol. The van der Waals surface area contributed by atoms with E-state index in [1.54, 1.807) is 11.3 Å². The van der Waals surface area contributed by atoms with E-state index < -0.39 is 0 Å². The summed E-state index contributed by atoms with van der Waals surface area (Å²) in [6, 6.07) is 8.38. The van der Waals surface area contributed by atoms with Crippen molar-refractivity contribution in [3.05, 3.63) is 51.4 Å². The average Bonchev–Trinajstić information content (AvgIpc) is 2.89. The maximum Gasteiger partial charge on any atom is 0.276 e. The first kappa shape index (κ1) is 15.4. The molecule has 0 aliphatic carbocycles. The van der Waals surface area contributed by atoms with Crippen molar-refractivity contribution in [1.82, 2.24) is 14.8 Å². The molecule has 0 saturated carbocycles. The van der Waals surface area contributed by atoms with Crippen molar-refractivity contribution in [2.45, 2.75) is 26.8 Å². The van der Waals surface area contributed by atoms with Gasteiger partial charge in [-0.2, -0.15) is 5.10 Å². The third-order valence-electron chi connectivity index (χ3n) is 3.29. The van der Waals surface area contributed by atoms with Gasteiger partial charge < -0.3 is 5.32 Å². The summed E-state index contributed by atoms with van der Waals surface area (Å²) in [5, 5.41) is 7.90. The summed E-state index contributed by atoms with van der Waals surface area (Å²) in [5.41, 5.74) is 1.62. The van der Waals surface area contributed by atoms with Crippen LogP contribution in [0.3, 0.4) is 0 Å². The van der Waals surface area contributed by atoms with Gasteiger partial charge in [-0.3, -0.25) is 9.59 Å². The van der Waals surface area contributed by atoms with Crippen molar-refractivity contribution in [2.24, 2.45) is 0 Å². The highest BCUT2D eigenvalue weighted by Crippen LogP contribution is 2.24. The van der Waals surface area contributed by atoms with E-state index in [4.69, 9.17) is 0 Å². The van der Waals surface area contributed by atoms with Crippen LogP contribution in [0.25, 0.3) is 10.2 Å². The van der Waals surface area contributed by atoms with Crippen molar-refractivity contribution in [1.29, 1.82) is 0 Å². The van der Waals surface area contributed by atoms with Gasteiger partial charge in [-0.05, 0) is 37.6 Å². The molecular formula is C16H16N4O2S. The van der Waals surface area contributed by atoms with Gasteiger partial charge in [0.25, 0.3) is 11.5 Å². The van der Waals surface area contributed by atoms with Crippen LogP contribution in [0.15, 0.2) is 35.1 Å². The molecule has 7 heteroatoms. The second kappa shape index (κ2) is 6.29. The zero-order valence-corrected chi connectivity index (χ0v) is 13.7. The van der Waals surface area contributed by atoms with E-state index in [0.29, 0.717) is 12.2 Å². The summed E-state index contributed by atoms with van der Waals surface area (Å²) in [6.45, 7) is 4.39. The lowest BCUT2D eigenvalue weighted by Gasteiger charge is -2.07. The van der Waals surface area contributed by atoms with Gasteiger partial charge >= 0.3 is 0 Å². The van der Waals surface area contributed by atoms with E-state index >= 15 is 0 Å². The molecule has 6 nitrogen and oxygen atoms in total. The summed E-state index contributed by atoms with van der Waals surface area (Å²) in [6.07, 6.45) is 0.777. The monoisotopic (exact) mass is 328 g/mol. The van der Waals surface area contributed by atoms with Crippen LogP contribution in [0.5, 0.6) is 0 Å². The van der Waals surface area contributed by atoms with E-state index in [9.17, 15) is 9.59 Å². The smallest absolute Gasteiger partial charge is 0.276 e. The molecule has 0 spiro atoms. The van der Waals surface area contributed by atoms with Gasteiger partial charge in [-0.25, -0.2) is 9.67 Å². The standard InChI is InChI=1S/C16H16N4O2S/c1-3-8-20-15(21)7-6-13(19-20)16(22)18-11-4-5-12-14(9-11)23-10(2)17-12/h4-7,9H,3,8H2,1-2H3,(H,18,22). The Morgan fingerprint density at radius 2 is 2.13 bits per heavy atom. The predicted octanol–water partition coefficient (Wildman–Crippen LogP) is 2.82. The Labute approximate surface area is 136 Å². The Balaban J connectivity index is 1.85. The van der Waals surface area contributed by atoms with Crippen LogP contribution in [0.1, 0.15) is 28.8 Å². The van der Waals surface area contributed by atoms with Gasteiger partial charge in [0.15, 0.2) is 0 Å². The summed E-state index contributed by atoms with van der Waals surface area (Å²) < 4.78 is 2.33. The van der Waals surface area contributed by atoms with E-state index in [2.05, 4.69) is 15.4 Å². The number of aromatic nitrogens is 3. The van der Waals surface area contributed by atoms with Crippen LogP contribution in [0, 0.1) is 6.92 Å². The zero-order chi connectivity index (χ0) is 16.4. The summed E-state index contributed by atoms with van der Waals surface area (Å²) >= 11 is 1.58. The number of aryl methyl sites for hydroxylation is 2. The second-order valence-corrected chi connectivity index (χ2v) is 6.38. The molecule has 0 radical (unpaired) electrons. The fourth-order valence-electron chi connectivity index (χ4n) is 2.25. The van der Waals surface area contributed by atoms with Crippen LogP contribution in [0.2, 0.25) is 0 Å². The third kappa shape index (κ3) is 3.29. The summed E-state index contributed by atoms with van der Waals surface area (Å²) in [7, 11) is 0. The molecule has 3 aromatic rings. The number of nitrogens with zero attached hydrogens (tertiary/aromatic N) is 3. The normalized spacial score (nSPS) is 10.9. The molecule has 0 atom stereocenters. The van der Waals surface area contributed by atoms with Crippen molar-refractivity contribution < 1.29 is 4.79 Å². The van der Waals surface area contributed by atoms with Crippen molar-refractivity contribution >= 4 is 33.1 Å². The fraction of sp³-hybridized carbons (Fsp3) is 0.250. The molecule has 0 fully saturated rings. The Kier molecular flexibility index (Phi) is 4.20. The van der Waals surface area contributed by atoms with Crippen LogP contribution >= 0.6 is 11.3 Å². The Hall–Kier alpha value is -2.54. The van der Waals surface area contributed by atoms with Crippen molar-refractivity contribution in [3.8, 4) is 0 Å². The predicted molar refractivity (Wildman–Crippen MR) is 91.1 cm³/mol. The molecule has 1 aromatic carbocycles. The number of fused-ring (bicyclic) bond motifs is 1. The molecule has 2 aromatic heterocycles. The number of nitrogens with one attached hydrogen (secondary N) is 1. The highest BCUT2D eigenvalue weighted by molar-refractivity contribution is 7.18. The Morgan fingerprint density at radius 1 is 1.30 bits per heavy atom. The van der Waals surface area contributed by atoms with Gasteiger partial charge in [-0.1, -0.05) is 6.92 Å². The van der Waals surface area contributed by atoms with Crippen LogP contribution in [0.4, 0.5) is 5.69 Å². The SMILES string of the molecule is CCCn1nc(C(=O)Nc2ccc3nc(C)sc3c2)ccc1=O. The van der Waals surface area contributed by atoms with Gasteiger partial charge in [0, 0.05) is 18.3 Å². The molecular weight excluding hydrogens is 312 g/mol. The number of hydrogen-bond acceptors (Lipinski definition) is 5. The molecule has 3 rings (SSSR count). The molecule has 23 heavy (non-hydrogen) atoms. The van der Waals surface area contributed by atoms with E-state index in [1.807, 2.05) is 32.0 Å². The maximum atomic E-state index is 12.3. The second-order valence-electron chi connectivity index (χ2n) is 5.15. The molecule has 0 unspecified atom stereocenters. The lowest BCUT2D eigenvalue weighted by molar-refractivity contribution is 0.102. The van der Waals surface area contributed by atoms with Gasteiger partial charge in [-0.15, -0.1) is 11.3 Å². The minimum absolute atomic E-state index is 0.204. The van der Waals surface area contributed by atoms with E-state index in [0.717, 1.165) is 21.6 Å². The maximum absolute atomic E-state index is 12.3. The third-order valence-corrected chi connectivity index (χ3v) is 4.22. The number of rotatable bonds is 4. The van der Waals surface area contributed by atoms with Gasteiger partial charge in [0.2, 0.25) is 0 Å². The van der Waals surface area contributed by atoms with Crippen LogP contribution in [-0.2, 0) is 6.54 Å². The van der Waals surface area contributed by atoms with Crippen LogP contribution < -0.4 is 10.9 Å². The minimum Gasteiger partial charge on any atom is -0.321 e. The largest absolute Gasteiger partial charge is 0.321 e. The lowest BCUT2D eigenvalue weighted by atomic mass is 10.3. The number of thiazole rings is 1. The molecule has 0 aliphatic heterocycles. The Bertz CT molecular complexity index is 929. The molecule has 1 amide bonds. The Morgan fingerprint density at radius 3 is 2.91 bits per heavy atom. The molecule has 0 bridgehead atoms. The van der Waals surface area contributed by atoms with Crippen LogP contribution in [-0.4, -0.2) is 20.7 Å². The van der Waals surface area contributed by atoms with Gasteiger partial charge in [0.1, 0.15) is 5.69 Å². The fourth-order valence-corrected chi connectivity index (χ4v) is 3.12. The number of amides is 1. The molecule has 0 saturated heterocycles. The topological polar surface area (TPSA) is 76.9 Å². The first-order valence-corrected chi connectivity index (χ1v) is 8.15. The summed E-state index contributed by atoms with van der Waals surface area (Å²) in [5.74, 6) is -0.338. The van der Waals surface area contributed by atoms with Crippen molar-refractivity contribution in [2.75, 3.05) is 5.32 Å². The number of hydrogen-bond donors (Lipinski definition) is 1. The molecule has 0 aliphatic rings. The number of anilines is 1. The first-order valence-electron chi connectivity index (χ1n) is 7.33.